The van der Waals surface area contributed by atoms with Crippen LogP contribution in [0.2, 0.25) is 10.0 Å². The molecule has 1 aromatic heterocycles. The predicted octanol–water partition coefficient (Wildman–Crippen LogP) is 6.67. The molecule has 3 aromatic rings. The number of rotatable bonds is 5. The number of benzene rings is 2. The van der Waals surface area contributed by atoms with E-state index in [0.29, 0.717) is 34.4 Å². The van der Waals surface area contributed by atoms with Gasteiger partial charge in [-0.05, 0) is 61.2 Å². The average Bonchev–Trinajstić information content (AvgIpc) is 3.35. The second kappa shape index (κ2) is 9.24. The summed E-state index contributed by atoms with van der Waals surface area (Å²) in [6, 6.07) is 14.8. The number of halogens is 2. The molecule has 1 aliphatic rings. The van der Waals surface area contributed by atoms with Crippen molar-refractivity contribution < 1.29 is 23.5 Å². The number of esters is 1. The maximum absolute atomic E-state index is 12.8. The van der Waals surface area contributed by atoms with Crippen LogP contribution in [0.25, 0.3) is 17.4 Å². The van der Waals surface area contributed by atoms with E-state index in [1.807, 2.05) is 0 Å². The fourth-order valence-electron chi connectivity index (χ4n) is 3.01. The van der Waals surface area contributed by atoms with Gasteiger partial charge < -0.3 is 9.15 Å². The van der Waals surface area contributed by atoms with Crippen molar-refractivity contribution in [2.45, 2.75) is 6.92 Å². The molecule has 1 aliphatic heterocycles. The third kappa shape index (κ3) is 4.46. The maximum Gasteiger partial charge on any atom is 0.338 e. The van der Waals surface area contributed by atoms with Gasteiger partial charge in [0.2, 0.25) is 0 Å². The topological polar surface area (TPSA) is 76.8 Å². The van der Waals surface area contributed by atoms with Crippen LogP contribution in [-0.4, -0.2) is 23.7 Å². The molecule has 0 radical (unpaired) electrons. The molecule has 0 aliphatic carbocycles. The molecule has 32 heavy (non-hydrogen) atoms. The molecular weight excluding hydrogens is 473 g/mol. The van der Waals surface area contributed by atoms with E-state index >= 15 is 0 Å². The molecule has 2 amide bonds. The first-order valence-corrected chi connectivity index (χ1v) is 11.0. The van der Waals surface area contributed by atoms with Gasteiger partial charge in [0.15, 0.2) is 0 Å². The van der Waals surface area contributed by atoms with Crippen LogP contribution in [0.1, 0.15) is 23.0 Å². The van der Waals surface area contributed by atoms with E-state index in [9.17, 15) is 14.4 Å². The minimum Gasteiger partial charge on any atom is -0.462 e. The van der Waals surface area contributed by atoms with E-state index in [1.54, 1.807) is 49.4 Å². The summed E-state index contributed by atoms with van der Waals surface area (Å²) in [6.45, 7) is 2.05. The van der Waals surface area contributed by atoms with Crippen LogP contribution in [0.5, 0.6) is 0 Å². The lowest BCUT2D eigenvalue weighted by Gasteiger charge is -2.12. The lowest BCUT2D eigenvalue weighted by molar-refractivity contribution is -0.113. The van der Waals surface area contributed by atoms with Crippen molar-refractivity contribution in [3.8, 4) is 11.3 Å². The number of furan rings is 1. The molecule has 1 saturated heterocycles. The highest BCUT2D eigenvalue weighted by atomic mass is 35.5. The van der Waals surface area contributed by atoms with Crippen molar-refractivity contribution in [1.82, 2.24) is 0 Å². The van der Waals surface area contributed by atoms with Gasteiger partial charge in [-0.2, -0.15) is 0 Å². The lowest BCUT2D eigenvalue weighted by Crippen LogP contribution is -2.27. The first-order valence-electron chi connectivity index (χ1n) is 9.47. The molecule has 1 fully saturated rings. The third-order valence-corrected chi connectivity index (χ3v) is 6.14. The number of anilines is 1. The van der Waals surface area contributed by atoms with Gasteiger partial charge in [0, 0.05) is 11.6 Å². The Labute approximate surface area is 197 Å². The van der Waals surface area contributed by atoms with E-state index in [1.165, 1.54) is 18.2 Å². The zero-order valence-electron chi connectivity index (χ0n) is 16.6. The van der Waals surface area contributed by atoms with Gasteiger partial charge in [-0.3, -0.25) is 9.59 Å². The van der Waals surface area contributed by atoms with Crippen molar-refractivity contribution in [2.24, 2.45) is 0 Å². The molecule has 0 unspecified atom stereocenters. The summed E-state index contributed by atoms with van der Waals surface area (Å²) in [7, 11) is 0. The quantitative estimate of drug-likeness (QED) is 0.295. The van der Waals surface area contributed by atoms with Crippen LogP contribution < -0.4 is 4.90 Å². The number of nitrogens with zero attached hydrogens (tertiary/aromatic N) is 1. The number of thioether (sulfide) groups is 1. The number of imide groups is 1. The Hall–Kier alpha value is -3.00. The Morgan fingerprint density at radius 2 is 1.81 bits per heavy atom. The standard InChI is InChI=1S/C23H15Cl2NO5S/c1-2-30-22(28)14-5-3-13(4-6-14)19-10-8-16(31-19)12-20-21(27)26(23(29)32-20)15-7-9-17(24)18(25)11-15/h3-12H,2H2,1H3/b20-12+. The number of amides is 2. The molecule has 2 aromatic carbocycles. The number of hydrogen-bond donors (Lipinski definition) is 0. The normalized spacial score (nSPS) is 15.0. The van der Waals surface area contributed by atoms with E-state index < -0.39 is 17.1 Å². The molecule has 0 atom stereocenters. The van der Waals surface area contributed by atoms with Gasteiger partial charge in [-0.1, -0.05) is 35.3 Å². The van der Waals surface area contributed by atoms with Gasteiger partial charge in [0.25, 0.3) is 11.1 Å². The summed E-state index contributed by atoms with van der Waals surface area (Å²) >= 11 is 12.7. The molecule has 4 rings (SSSR count). The van der Waals surface area contributed by atoms with Gasteiger partial charge in [0.05, 0.1) is 32.8 Å². The van der Waals surface area contributed by atoms with Crippen molar-refractivity contribution in [3.63, 3.8) is 0 Å². The molecule has 2 heterocycles. The van der Waals surface area contributed by atoms with Crippen LogP contribution in [-0.2, 0) is 9.53 Å². The minimum atomic E-state index is -0.477. The molecular formula is C23H15Cl2NO5S. The van der Waals surface area contributed by atoms with Crippen molar-refractivity contribution in [3.05, 3.63) is 80.9 Å². The smallest absolute Gasteiger partial charge is 0.338 e. The second-order valence-electron chi connectivity index (χ2n) is 6.62. The average molecular weight is 488 g/mol. The summed E-state index contributed by atoms with van der Waals surface area (Å²) < 4.78 is 10.8. The first kappa shape index (κ1) is 22.2. The highest BCUT2D eigenvalue weighted by molar-refractivity contribution is 8.19. The SMILES string of the molecule is CCOC(=O)c1ccc(-c2ccc(/C=C3/SC(=O)N(c4ccc(Cl)c(Cl)c4)C3=O)o2)cc1. The van der Waals surface area contributed by atoms with E-state index in [4.69, 9.17) is 32.4 Å². The highest BCUT2D eigenvalue weighted by Gasteiger charge is 2.36. The Bertz CT molecular complexity index is 1250. The molecule has 9 heteroatoms. The van der Waals surface area contributed by atoms with E-state index in [0.717, 1.165) is 22.2 Å². The van der Waals surface area contributed by atoms with Crippen LogP contribution in [0.4, 0.5) is 10.5 Å². The second-order valence-corrected chi connectivity index (χ2v) is 8.42. The van der Waals surface area contributed by atoms with Gasteiger partial charge in [0.1, 0.15) is 11.5 Å². The Morgan fingerprint density at radius 3 is 2.50 bits per heavy atom. The minimum absolute atomic E-state index is 0.222. The zero-order valence-corrected chi connectivity index (χ0v) is 19.0. The van der Waals surface area contributed by atoms with Crippen molar-refractivity contribution >= 4 is 63.8 Å². The van der Waals surface area contributed by atoms with Crippen LogP contribution >= 0.6 is 35.0 Å². The van der Waals surface area contributed by atoms with Crippen molar-refractivity contribution in [1.29, 1.82) is 0 Å². The summed E-state index contributed by atoms with van der Waals surface area (Å²) in [5.41, 5.74) is 1.53. The Morgan fingerprint density at radius 1 is 1.06 bits per heavy atom. The van der Waals surface area contributed by atoms with Crippen molar-refractivity contribution in [2.75, 3.05) is 11.5 Å². The molecule has 0 spiro atoms. The summed E-state index contributed by atoms with van der Waals surface area (Å²) in [5, 5.41) is 0.133. The van der Waals surface area contributed by atoms with Crippen LogP contribution in [0, 0.1) is 0 Å². The van der Waals surface area contributed by atoms with E-state index in [2.05, 4.69) is 0 Å². The maximum atomic E-state index is 12.8. The number of ether oxygens (including phenoxy) is 1. The molecule has 162 valence electrons. The molecule has 0 N–H and O–H groups in total. The monoisotopic (exact) mass is 487 g/mol. The Balaban J connectivity index is 1.54. The highest BCUT2D eigenvalue weighted by Crippen LogP contribution is 2.38. The number of hydrogen-bond acceptors (Lipinski definition) is 6. The zero-order chi connectivity index (χ0) is 22.8. The fourth-order valence-corrected chi connectivity index (χ4v) is 4.13. The molecule has 0 saturated carbocycles. The van der Waals surface area contributed by atoms with Gasteiger partial charge in [-0.15, -0.1) is 0 Å². The van der Waals surface area contributed by atoms with Crippen LogP contribution in [0.15, 0.2) is 63.9 Å². The van der Waals surface area contributed by atoms with Crippen LogP contribution in [0.3, 0.4) is 0 Å². The van der Waals surface area contributed by atoms with Gasteiger partial charge in [-0.25, -0.2) is 9.69 Å². The fraction of sp³-hybridized carbons (Fsp3) is 0.0870. The Kier molecular flexibility index (Phi) is 6.41. The predicted molar refractivity (Wildman–Crippen MR) is 125 cm³/mol. The molecule has 6 nitrogen and oxygen atoms in total. The third-order valence-electron chi connectivity index (χ3n) is 4.54. The first-order chi connectivity index (χ1) is 15.4. The number of carbonyl (C=O) groups is 3. The summed E-state index contributed by atoms with van der Waals surface area (Å²) in [6.07, 6.45) is 1.51. The summed E-state index contributed by atoms with van der Waals surface area (Å²) in [5.74, 6) is 0.0940. The largest absolute Gasteiger partial charge is 0.462 e. The number of carbonyl (C=O) groups excluding carboxylic acids is 3. The van der Waals surface area contributed by atoms with Gasteiger partial charge >= 0.3 is 5.97 Å². The molecule has 0 bridgehead atoms. The lowest BCUT2D eigenvalue weighted by atomic mass is 10.1. The van der Waals surface area contributed by atoms with E-state index in [-0.39, 0.29) is 9.93 Å². The summed E-state index contributed by atoms with van der Waals surface area (Å²) in [4.78, 5) is 38.3.